The largest absolute Gasteiger partial charge is 0.348 e. The van der Waals surface area contributed by atoms with Gasteiger partial charge in [0.25, 0.3) is 0 Å². The van der Waals surface area contributed by atoms with E-state index in [1.807, 2.05) is 35.2 Å². The second-order valence-electron chi connectivity index (χ2n) is 8.01. The fourth-order valence-corrected chi connectivity index (χ4v) is 4.35. The Morgan fingerprint density at radius 1 is 1.06 bits per heavy atom. The van der Waals surface area contributed by atoms with E-state index in [1.165, 1.54) is 5.56 Å². The van der Waals surface area contributed by atoms with Gasteiger partial charge in [-0.15, -0.1) is 0 Å². The number of amides is 1. The minimum absolute atomic E-state index is 0.228. The first kappa shape index (κ1) is 19.5. The molecule has 1 amide bonds. The van der Waals surface area contributed by atoms with E-state index in [-0.39, 0.29) is 5.69 Å². The van der Waals surface area contributed by atoms with Crippen LogP contribution in [0.2, 0.25) is 0 Å². The van der Waals surface area contributed by atoms with Crippen molar-refractivity contribution in [3.05, 3.63) is 70.6 Å². The van der Waals surface area contributed by atoms with Gasteiger partial charge in [0.05, 0.1) is 5.52 Å². The molecule has 0 radical (unpaired) electrons. The van der Waals surface area contributed by atoms with Crippen molar-refractivity contribution in [2.75, 3.05) is 19.6 Å². The van der Waals surface area contributed by atoms with Crippen LogP contribution in [0.25, 0.3) is 27.7 Å². The van der Waals surface area contributed by atoms with Crippen LogP contribution >= 0.6 is 0 Å². The zero-order chi connectivity index (χ0) is 21.2. The lowest BCUT2D eigenvalue weighted by molar-refractivity contribution is -0.127. The van der Waals surface area contributed by atoms with Crippen molar-refractivity contribution < 1.29 is 4.79 Å². The Morgan fingerprint density at radius 2 is 1.90 bits per heavy atom. The van der Waals surface area contributed by atoms with E-state index >= 15 is 0 Å². The molecule has 1 aliphatic heterocycles. The monoisotopic (exact) mass is 415 g/mol. The predicted molar refractivity (Wildman–Crippen MR) is 121 cm³/mol. The van der Waals surface area contributed by atoms with Gasteiger partial charge in [-0.25, -0.2) is 14.3 Å². The summed E-state index contributed by atoms with van der Waals surface area (Å²) >= 11 is 0. The maximum atomic E-state index is 12.1. The molecule has 0 bridgehead atoms. The van der Waals surface area contributed by atoms with Gasteiger partial charge in [-0.2, -0.15) is 5.10 Å². The summed E-state index contributed by atoms with van der Waals surface area (Å²) in [6.07, 6.45) is 2.68. The molecule has 31 heavy (non-hydrogen) atoms. The number of carbonyl (C=O) groups excluding carboxylic acids is 1. The van der Waals surface area contributed by atoms with Crippen LogP contribution < -0.4 is 11.0 Å². The maximum Gasteiger partial charge on any atom is 0.348 e. The highest BCUT2D eigenvalue weighted by molar-refractivity contribution is 5.97. The number of hydrogen-bond donors (Lipinski definition) is 2. The highest BCUT2D eigenvalue weighted by atomic mass is 16.2. The molecule has 2 N–H and O–H groups in total. The van der Waals surface area contributed by atoms with Gasteiger partial charge in [-0.1, -0.05) is 42.5 Å². The van der Waals surface area contributed by atoms with Gasteiger partial charge in [0, 0.05) is 31.4 Å². The number of para-hydroxylation sites is 1. The Balaban J connectivity index is 1.28. The van der Waals surface area contributed by atoms with Crippen molar-refractivity contribution in [2.45, 2.75) is 25.8 Å². The molecule has 3 heterocycles. The van der Waals surface area contributed by atoms with Crippen molar-refractivity contribution in [2.24, 2.45) is 0 Å². The Bertz CT molecular complexity index is 1290. The molecule has 1 fully saturated rings. The number of rotatable bonds is 7. The molecular formula is C24H25N5O2. The van der Waals surface area contributed by atoms with Crippen LogP contribution in [0.4, 0.5) is 0 Å². The van der Waals surface area contributed by atoms with Gasteiger partial charge in [0.1, 0.15) is 0 Å². The van der Waals surface area contributed by atoms with Crippen molar-refractivity contribution in [3.8, 4) is 11.1 Å². The van der Waals surface area contributed by atoms with Crippen LogP contribution in [0, 0.1) is 0 Å². The van der Waals surface area contributed by atoms with Crippen molar-refractivity contribution >= 4 is 22.5 Å². The third-order valence-electron chi connectivity index (χ3n) is 5.95. The van der Waals surface area contributed by atoms with E-state index in [4.69, 9.17) is 0 Å². The molecule has 0 spiro atoms. The Labute approximate surface area is 179 Å². The van der Waals surface area contributed by atoms with E-state index < -0.39 is 0 Å². The first-order valence-corrected chi connectivity index (χ1v) is 10.8. The van der Waals surface area contributed by atoms with Gasteiger partial charge in [-0.3, -0.25) is 4.79 Å². The van der Waals surface area contributed by atoms with Crippen LogP contribution in [0.5, 0.6) is 0 Å². The fourth-order valence-electron chi connectivity index (χ4n) is 4.35. The Morgan fingerprint density at radius 3 is 2.71 bits per heavy atom. The van der Waals surface area contributed by atoms with Crippen LogP contribution in [0.1, 0.15) is 24.8 Å². The molecule has 5 rings (SSSR count). The molecule has 0 atom stereocenters. The molecule has 0 aliphatic carbocycles. The van der Waals surface area contributed by atoms with Gasteiger partial charge in [0.2, 0.25) is 5.91 Å². The lowest BCUT2D eigenvalue weighted by Crippen LogP contribution is -2.28. The highest BCUT2D eigenvalue weighted by Gasteiger charge is 2.18. The summed E-state index contributed by atoms with van der Waals surface area (Å²) < 4.78 is 1.60. The normalized spacial score (nSPS) is 14.2. The third kappa shape index (κ3) is 3.84. The van der Waals surface area contributed by atoms with E-state index in [1.54, 1.807) is 4.40 Å². The summed E-state index contributed by atoms with van der Waals surface area (Å²) in [6, 6.07) is 18.3. The summed E-state index contributed by atoms with van der Waals surface area (Å²) in [6.45, 7) is 3.44. The summed E-state index contributed by atoms with van der Waals surface area (Å²) in [5, 5.41) is 11.2. The quantitative estimate of drug-likeness (QED) is 0.455. The van der Waals surface area contributed by atoms with E-state index in [0.717, 1.165) is 61.1 Å². The molecule has 1 aliphatic rings. The predicted octanol–water partition coefficient (Wildman–Crippen LogP) is 2.94. The molecule has 2 aromatic heterocycles. The number of hydrogen-bond acceptors (Lipinski definition) is 4. The van der Waals surface area contributed by atoms with Crippen LogP contribution in [-0.4, -0.2) is 45.0 Å². The number of aromatic amines is 1. The lowest BCUT2D eigenvalue weighted by Gasteiger charge is -2.15. The zero-order valence-corrected chi connectivity index (χ0v) is 17.3. The number of pyridine rings is 1. The number of carbonyl (C=O) groups is 1. The van der Waals surface area contributed by atoms with E-state index in [9.17, 15) is 9.59 Å². The number of fused-ring (bicyclic) bond motifs is 3. The molecular weight excluding hydrogens is 390 g/mol. The second-order valence-corrected chi connectivity index (χ2v) is 8.01. The minimum Gasteiger partial charge on any atom is -0.343 e. The highest BCUT2D eigenvalue weighted by Crippen LogP contribution is 2.29. The minimum atomic E-state index is -0.228. The van der Waals surface area contributed by atoms with Crippen LogP contribution in [0.15, 0.2) is 59.4 Å². The smallest absolute Gasteiger partial charge is 0.343 e. The number of H-pyrrole nitrogens is 1. The summed E-state index contributed by atoms with van der Waals surface area (Å²) in [4.78, 5) is 25.8. The number of nitrogens with zero attached hydrogens (tertiary/aromatic N) is 3. The van der Waals surface area contributed by atoms with Gasteiger partial charge >= 0.3 is 5.69 Å². The van der Waals surface area contributed by atoms with E-state index in [2.05, 4.69) is 39.8 Å². The topological polar surface area (TPSA) is 82.5 Å². The fraction of sp³-hybridized carbons (Fsp3) is 0.292. The van der Waals surface area contributed by atoms with Crippen LogP contribution in [-0.2, 0) is 11.3 Å². The van der Waals surface area contributed by atoms with E-state index in [0.29, 0.717) is 18.0 Å². The summed E-state index contributed by atoms with van der Waals surface area (Å²) in [5.41, 5.74) is 4.58. The maximum absolute atomic E-state index is 12.1. The molecule has 2 aromatic carbocycles. The first-order valence-electron chi connectivity index (χ1n) is 10.8. The molecule has 4 aromatic rings. The Kier molecular flexibility index (Phi) is 5.26. The SMILES string of the molecule is O=C1CCCN1CCCNCc1ccc(-c2cc3n[nH]c(=O)n3c3ccccc23)cc1. The first-order chi connectivity index (χ1) is 15.2. The average molecular weight is 415 g/mol. The number of likely N-dealkylation sites (tertiary alicyclic amines) is 1. The zero-order valence-electron chi connectivity index (χ0n) is 17.3. The second kappa shape index (κ2) is 8.35. The molecule has 7 heteroatoms. The summed E-state index contributed by atoms with van der Waals surface area (Å²) in [5.74, 6) is 0.293. The van der Waals surface area contributed by atoms with Gasteiger partial charge < -0.3 is 10.2 Å². The number of aromatic nitrogens is 3. The van der Waals surface area contributed by atoms with Gasteiger partial charge in [-0.05, 0) is 48.2 Å². The van der Waals surface area contributed by atoms with Crippen LogP contribution in [0.3, 0.4) is 0 Å². The van der Waals surface area contributed by atoms with Gasteiger partial charge in [0.15, 0.2) is 5.65 Å². The number of nitrogens with one attached hydrogen (secondary N) is 2. The third-order valence-corrected chi connectivity index (χ3v) is 5.95. The number of benzene rings is 2. The molecule has 158 valence electrons. The van der Waals surface area contributed by atoms with Crippen molar-refractivity contribution in [3.63, 3.8) is 0 Å². The Hall–Kier alpha value is -3.45. The summed E-state index contributed by atoms with van der Waals surface area (Å²) in [7, 11) is 0. The molecule has 0 saturated carbocycles. The van der Waals surface area contributed by atoms with Crippen molar-refractivity contribution in [1.82, 2.24) is 24.8 Å². The molecule has 1 saturated heterocycles. The molecule has 0 unspecified atom stereocenters. The average Bonchev–Trinajstić information content (AvgIpc) is 3.38. The molecule has 7 nitrogen and oxygen atoms in total. The lowest BCUT2D eigenvalue weighted by atomic mass is 10.00. The van der Waals surface area contributed by atoms with Crippen molar-refractivity contribution in [1.29, 1.82) is 0 Å². The standard InChI is InChI=1S/C24H25N5O2/c30-23-7-3-13-28(23)14-4-12-25-16-17-8-10-18(11-9-17)20-15-22-26-27-24(31)29(22)21-6-2-1-5-19(20)21/h1-2,5-6,8-11,15,25H,3-4,7,12-14,16H2,(H,27,31).